The number of aromatic nitrogens is 1. The first kappa shape index (κ1) is 13.0. The summed E-state index contributed by atoms with van der Waals surface area (Å²) in [6, 6.07) is 8.52. The highest BCUT2D eigenvalue weighted by molar-refractivity contribution is 6.31. The van der Waals surface area contributed by atoms with Crippen molar-refractivity contribution in [3.05, 3.63) is 35.0 Å². The molecule has 1 aromatic carbocycles. The maximum absolute atomic E-state index is 6.13. The number of fused-ring (bicyclic) bond motifs is 1. The highest BCUT2D eigenvalue weighted by Crippen LogP contribution is 2.25. The average molecular weight is 277 g/mol. The SMILES string of the molecule is CCn1c(CN2CCCCC2)cc2ccc(Cl)cc21. The van der Waals surface area contributed by atoms with Gasteiger partial charge in [-0.1, -0.05) is 24.1 Å². The van der Waals surface area contributed by atoms with E-state index in [0.717, 1.165) is 18.1 Å². The molecule has 1 fully saturated rings. The number of benzene rings is 1. The number of aryl methyl sites for hydroxylation is 1. The van der Waals surface area contributed by atoms with E-state index in [9.17, 15) is 0 Å². The van der Waals surface area contributed by atoms with Crippen LogP contribution in [-0.2, 0) is 13.1 Å². The van der Waals surface area contributed by atoms with Crippen LogP contribution in [0.25, 0.3) is 10.9 Å². The maximum Gasteiger partial charge on any atom is 0.0497 e. The fraction of sp³-hybridized carbons (Fsp3) is 0.500. The number of rotatable bonds is 3. The van der Waals surface area contributed by atoms with Crippen molar-refractivity contribution in [3.63, 3.8) is 0 Å². The minimum atomic E-state index is 0.824. The highest BCUT2D eigenvalue weighted by Gasteiger charge is 2.14. The van der Waals surface area contributed by atoms with Crippen LogP contribution in [0.4, 0.5) is 0 Å². The predicted octanol–water partition coefficient (Wildman–Crippen LogP) is 4.30. The lowest BCUT2D eigenvalue weighted by Gasteiger charge is -2.26. The second kappa shape index (κ2) is 5.56. The summed E-state index contributed by atoms with van der Waals surface area (Å²) in [4.78, 5) is 2.57. The summed E-state index contributed by atoms with van der Waals surface area (Å²) >= 11 is 6.13. The van der Waals surface area contributed by atoms with Gasteiger partial charge in [-0.05, 0) is 51.1 Å². The molecular weight excluding hydrogens is 256 g/mol. The van der Waals surface area contributed by atoms with E-state index >= 15 is 0 Å². The zero-order valence-electron chi connectivity index (χ0n) is 11.5. The first-order chi connectivity index (χ1) is 9.28. The van der Waals surface area contributed by atoms with Crippen LogP contribution in [0.15, 0.2) is 24.3 Å². The van der Waals surface area contributed by atoms with Gasteiger partial charge in [0.2, 0.25) is 0 Å². The molecule has 0 saturated carbocycles. The molecule has 1 aliphatic heterocycles. The van der Waals surface area contributed by atoms with Crippen LogP contribution in [0.3, 0.4) is 0 Å². The summed E-state index contributed by atoms with van der Waals surface area (Å²) < 4.78 is 2.40. The van der Waals surface area contributed by atoms with Gasteiger partial charge in [0.1, 0.15) is 0 Å². The zero-order chi connectivity index (χ0) is 13.2. The Balaban J connectivity index is 1.93. The summed E-state index contributed by atoms with van der Waals surface area (Å²) in [6.45, 7) is 6.77. The second-order valence-corrected chi connectivity index (χ2v) is 5.86. The van der Waals surface area contributed by atoms with Gasteiger partial charge in [-0.2, -0.15) is 0 Å². The Hall–Kier alpha value is -0.990. The normalized spacial score (nSPS) is 17.2. The van der Waals surface area contributed by atoms with Gasteiger partial charge in [0, 0.05) is 34.7 Å². The molecule has 0 atom stereocenters. The van der Waals surface area contributed by atoms with Crippen molar-refractivity contribution < 1.29 is 0 Å². The largest absolute Gasteiger partial charge is 0.344 e. The molecule has 3 rings (SSSR count). The standard InChI is InChI=1S/C16H21ClN2/c1-2-19-15(12-18-8-4-3-5-9-18)10-13-6-7-14(17)11-16(13)19/h6-7,10-11H,2-5,8-9,12H2,1H3. The van der Waals surface area contributed by atoms with E-state index in [2.05, 4.69) is 34.6 Å². The van der Waals surface area contributed by atoms with Gasteiger partial charge in [0.25, 0.3) is 0 Å². The van der Waals surface area contributed by atoms with Crippen molar-refractivity contribution in [1.82, 2.24) is 9.47 Å². The number of piperidine rings is 1. The third-order valence-corrected chi connectivity index (χ3v) is 4.34. The molecule has 0 bridgehead atoms. The van der Waals surface area contributed by atoms with Crippen molar-refractivity contribution in [2.75, 3.05) is 13.1 Å². The van der Waals surface area contributed by atoms with E-state index in [4.69, 9.17) is 11.6 Å². The van der Waals surface area contributed by atoms with Gasteiger partial charge in [0.15, 0.2) is 0 Å². The van der Waals surface area contributed by atoms with Crippen LogP contribution in [0.5, 0.6) is 0 Å². The molecule has 3 heteroatoms. The molecule has 0 aliphatic carbocycles. The molecule has 0 N–H and O–H groups in total. The van der Waals surface area contributed by atoms with Crippen LogP contribution in [0.2, 0.25) is 5.02 Å². The lowest BCUT2D eigenvalue weighted by Crippen LogP contribution is -2.29. The summed E-state index contributed by atoms with van der Waals surface area (Å²) in [7, 11) is 0. The second-order valence-electron chi connectivity index (χ2n) is 5.42. The Morgan fingerprint density at radius 1 is 1.11 bits per heavy atom. The van der Waals surface area contributed by atoms with Crippen molar-refractivity contribution >= 4 is 22.5 Å². The van der Waals surface area contributed by atoms with Gasteiger partial charge in [0.05, 0.1) is 0 Å². The van der Waals surface area contributed by atoms with E-state index in [1.165, 1.54) is 48.9 Å². The van der Waals surface area contributed by atoms with Crippen LogP contribution in [-0.4, -0.2) is 22.6 Å². The zero-order valence-corrected chi connectivity index (χ0v) is 12.3. The van der Waals surface area contributed by atoms with E-state index in [-0.39, 0.29) is 0 Å². The molecule has 0 unspecified atom stereocenters. The molecule has 0 amide bonds. The van der Waals surface area contributed by atoms with Crippen molar-refractivity contribution in [3.8, 4) is 0 Å². The molecule has 0 spiro atoms. The molecule has 1 aromatic heterocycles. The highest BCUT2D eigenvalue weighted by atomic mass is 35.5. The summed E-state index contributed by atoms with van der Waals surface area (Å²) in [5.41, 5.74) is 2.68. The number of halogens is 1. The van der Waals surface area contributed by atoms with E-state index in [1.807, 2.05) is 6.07 Å². The number of hydrogen-bond acceptors (Lipinski definition) is 1. The van der Waals surface area contributed by atoms with Crippen molar-refractivity contribution in [2.24, 2.45) is 0 Å². The molecule has 1 saturated heterocycles. The molecule has 2 aromatic rings. The fourth-order valence-corrected chi connectivity index (χ4v) is 3.30. The number of hydrogen-bond donors (Lipinski definition) is 0. The van der Waals surface area contributed by atoms with Gasteiger partial charge in [-0.15, -0.1) is 0 Å². The van der Waals surface area contributed by atoms with Crippen LogP contribution in [0, 0.1) is 0 Å². The topological polar surface area (TPSA) is 8.17 Å². The van der Waals surface area contributed by atoms with Gasteiger partial charge in [-0.3, -0.25) is 4.90 Å². The minimum Gasteiger partial charge on any atom is -0.344 e. The minimum absolute atomic E-state index is 0.824. The molecule has 2 nitrogen and oxygen atoms in total. The average Bonchev–Trinajstić information content (AvgIpc) is 2.76. The van der Waals surface area contributed by atoms with Crippen molar-refractivity contribution in [2.45, 2.75) is 39.3 Å². The van der Waals surface area contributed by atoms with Crippen molar-refractivity contribution in [1.29, 1.82) is 0 Å². The van der Waals surface area contributed by atoms with Gasteiger partial charge < -0.3 is 4.57 Å². The molecule has 102 valence electrons. The third kappa shape index (κ3) is 2.65. The summed E-state index contributed by atoms with van der Waals surface area (Å²) in [5, 5.41) is 2.13. The quantitative estimate of drug-likeness (QED) is 0.811. The van der Waals surface area contributed by atoms with Crippen LogP contribution in [0.1, 0.15) is 31.9 Å². The number of nitrogens with zero attached hydrogens (tertiary/aromatic N) is 2. The Morgan fingerprint density at radius 2 is 1.89 bits per heavy atom. The molecule has 19 heavy (non-hydrogen) atoms. The predicted molar refractivity (Wildman–Crippen MR) is 81.8 cm³/mol. The summed E-state index contributed by atoms with van der Waals surface area (Å²) in [5.74, 6) is 0. The Morgan fingerprint density at radius 3 is 2.63 bits per heavy atom. The third-order valence-electron chi connectivity index (χ3n) is 4.10. The molecule has 2 heterocycles. The van der Waals surface area contributed by atoms with E-state index < -0.39 is 0 Å². The van der Waals surface area contributed by atoms with E-state index in [0.29, 0.717) is 0 Å². The lowest BCUT2D eigenvalue weighted by molar-refractivity contribution is 0.216. The number of likely N-dealkylation sites (tertiary alicyclic amines) is 1. The Kier molecular flexibility index (Phi) is 3.81. The van der Waals surface area contributed by atoms with E-state index in [1.54, 1.807) is 0 Å². The molecule has 1 aliphatic rings. The monoisotopic (exact) mass is 276 g/mol. The first-order valence-electron chi connectivity index (χ1n) is 7.28. The maximum atomic E-state index is 6.13. The van der Waals surface area contributed by atoms with Gasteiger partial charge >= 0.3 is 0 Å². The van der Waals surface area contributed by atoms with Crippen LogP contribution < -0.4 is 0 Å². The smallest absolute Gasteiger partial charge is 0.0497 e. The lowest BCUT2D eigenvalue weighted by atomic mass is 10.1. The Bertz CT molecular complexity index is 567. The molecule has 0 radical (unpaired) electrons. The Labute approximate surface area is 120 Å². The van der Waals surface area contributed by atoms with Crippen LogP contribution >= 0.6 is 11.6 Å². The fourth-order valence-electron chi connectivity index (χ4n) is 3.14. The molecular formula is C16H21ClN2. The summed E-state index contributed by atoms with van der Waals surface area (Å²) in [6.07, 6.45) is 4.08. The van der Waals surface area contributed by atoms with Gasteiger partial charge in [-0.25, -0.2) is 0 Å². The first-order valence-corrected chi connectivity index (χ1v) is 7.66.